The number of carbonyl (C=O) groups is 1. The molecule has 2 rings (SSSR count). The number of carbonyl (C=O) groups excluding carboxylic acids is 1. The highest BCUT2D eigenvalue weighted by atomic mass is 16.5. The Hall–Kier alpha value is -0.610. The number of nitrogens with zero attached hydrogens (tertiary/aromatic N) is 1. The van der Waals surface area contributed by atoms with Crippen molar-refractivity contribution < 1.29 is 9.53 Å². The predicted molar refractivity (Wildman–Crippen MR) is 76.1 cm³/mol. The maximum Gasteiger partial charge on any atom is 0.326 e. The summed E-state index contributed by atoms with van der Waals surface area (Å²) < 4.78 is 5.42. The third kappa shape index (κ3) is 3.11. The average Bonchev–Trinajstić information content (AvgIpc) is 2.57. The molecule has 2 fully saturated rings. The Morgan fingerprint density at radius 2 is 2.05 bits per heavy atom. The molecule has 0 amide bonds. The van der Waals surface area contributed by atoms with E-state index in [-0.39, 0.29) is 16.9 Å². The second-order valence-corrected chi connectivity index (χ2v) is 6.68. The van der Waals surface area contributed by atoms with Crippen LogP contribution in [-0.4, -0.2) is 49.2 Å². The maximum atomic E-state index is 12.6. The van der Waals surface area contributed by atoms with E-state index in [1.54, 1.807) is 0 Å². The number of ether oxygens (including phenoxy) is 1. The summed E-state index contributed by atoms with van der Waals surface area (Å²) in [6.45, 7) is 10.9. The van der Waals surface area contributed by atoms with Gasteiger partial charge in [0.2, 0.25) is 0 Å². The minimum atomic E-state index is -0.370. The van der Waals surface area contributed by atoms with E-state index < -0.39 is 0 Å². The smallest absolute Gasteiger partial charge is 0.326 e. The zero-order valence-corrected chi connectivity index (χ0v) is 12.6. The highest BCUT2D eigenvalue weighted by Crippen LogP contribution is 2.47. The molecule has 0 spiro atoms. The van der Waals surface area contributed by atoms with Crippen molar-refractivity contribution in [3.63, 3.8) is 0 Å². The second kappa shape index (κ2) is 5.80. The van der Waals surface area contributed by atoms with Crippen LogP contribution in [0.15, 0.2) is 0 Å². The number of hydrogen-bond donors (Lipinski definition) is 1. The molecule has 1 N–H and O–H groups in total. The van der Waals surface area contributed by atoms with Crippen LogP contribution in [0.25, 0.3) is 0 Å². The Kier molecular flexibility index (Phi) is 4.51. The fourth-order valence-electron chi connectivity index (χ4n) is 3.63. The van der Waals surface area contributed by atoms with Crippen LogP contribution in [0.1, 0.15) is 46.5 Å². The Morgan fingerprint density at radius 3 is 2.68 bits per heavy atom. The van der Waals surface area contributed by atoms with E-state index >= 15 is 0 Å². The van der Waals surface area contributed by atoms with Gasteiger partial charge in [0.1, 0.15) is 5.54 Å². The van der Waals surface area contributed by atoms with Gasteiger partial charge in [-0.15, -0.1) is 0 Å². The van der Waals surface area contributed by atoms with Gasteiger partial charge in [0, 0.05) is 19.6 Å². The minimum Gasteiger partial charge on any atom is -0.465 e. The van der Waals surface area contributed by atoms with Crippen molar-refractivity contribution in [1.82, 2.24) is 10.2 Å². The molecular weight excluding hydrogens is 240 g/mol. The van der Waals surface area contributed by atoms with E-state index in [1.807, 2.05) is 6.92 Å². The van der Waals surface area contributed by atoms with Gasteiger partial charge < -0.3 is 10.1 Å². The van der Waals surface area contributed by atoms with Crippen molar-refractivity contribution in [3.8, 4) is 0 Å². The molecule has 2 aliphatic rings. The van der Waals surface area contributed by atoms with E-state index in [4.69, 9.17) is 4.74 Å². The van der Waals surface area contributed by atoms with Gasteiger partial charge >= 0.3 is 5.97 Å². The van der Waals surface area contributed by atoms with Crippen LogP contribution in [0.4, 0.5) is 0 Å². The molecule has 110 valence electrons. The van der Waals surface area contributed by atoms with Crippen molar-refractivity contribution in [1.29, 1.82) is 0 Å². The first-order valence-electron chi connectivity index (χ1n) is 7.63. The fraction of sp³-hybridized carbons (Fsp3) is 0.933. The van der Waals surface area contributed by atoms with Gasteiger partial charge in [0.05, 0.1) is 6.61 Å². The molecule has 0 aromatic rings. The van der Waals surface area contributed by atoms with E-state index in [2.05, 4.69) is 24.1 Å². The molecule has 1 unspecified atom stereocenters. The zero-order valence-electron chi connectivity index (χ0n) is 12.6. The van der Waals surface area contributed by atoms with Gasteiger partial charge in [-0.2, -0.15) is 0 Å². The average molecular weight is 268 g/mol. The molecule has 0 radical (unpaired) electrons. The summed E-state index contributed by atoms with van der Waals surface area (Å²) in [6.07, 6.45) is 4.09. The summed E-state index contributed by atoms with van der Waals surface area (Å²) in [6, 6.07) is 0. The quantitative estimate of drug-likeness (QED) is 0.793. The third-order valence-corrected chi connectivity index (χ3v) is 4.59. The third-order valence-electron chi connectivity index (χ3n) is 4.59. The normalized spacial score (nSPS) is 31.9. The summed E-state index contributed by atoms with van der Waals surface area (Å²) >= 11 is 0. The first-order chi connectivity index (χ1) is 9.00. The number of nitrogens with one attached hydrogen (secondary N) is 1. The molecular formula is C15H28N2O2. The molecule has 4 heteroatoms. The molecule has 1 heterocycles. The standard InChI is InChI=1S/C15H28N2O2/c1-4-19-13(18)15(7-6-14(2,3)12-15)17-10-5-8-16-9-11-17/h16H,4-12H2,1-3H3. The Morgan fingerprint density at radius 1 is 1.26 bits per heavy atom. The second-order valence-electron chi connectivity index (χ2n) is 6.68. The number of esters is 1. The lowest BCUT2D eigenvalue weighted by Gasteiger charge is -2.39. The minimum absolute atomic E-state index is 0.00229. The molecule has 0 aromatic carbocycles. The van der Waals surface area contributed by atoms with Crippen LogP contribution in [0, 0.1) is 5.41 Å². The van der Waals surface area contributed by atoms with Crippen LogP contribution < -0.4 is 5.32 Å². The summed E-state index contributed by atoms with van der Waals surface area (Å²) in [7, 11) is 0. The van der Waals surface area contributed by atoms with Gasteiger partial charge in [-0.3, -0.25) is 9.69 Å². The summed E-state index contributed by atoms with van der Waals surface area (Å²) in [5.74, 6) is 0.00229. The predicted octanol–water partition coefficient (Wildman–Crippen LogP) is 1.79. The molecule has 1 saturated heterocycles. The van der Waals surface area contributed by atoms with Gasteiger partial charge in [0.15, 0.2) is 0 Å². The van der Waals surface area contributed by atoms with Crippen LogP contribution in [0.5, 0.6) is 0 Å². The lowest BCUT2D eigenvalue weighted by Crippen LogP contribution is -2.55. The number of rotatable bonds is 3. The fourth-order valence-corrected chi connectivity index (χ4v) is 3.63. The van der Waals surface area contributed by atoms with E-state index in [0.29, 0.717) is 6.61 Å². The molecule has 0 bridgehead atoms. The van der Waals surface area contributed by atoms with Crippen molar-refractivity contribution in [2.24, 2.45) is 5.41 Å². The van der Waals surface area contributed by atoms with Gasteiger partial charge in [0.25, 0.3) is 0 Å². The Balaban J connectivity index is 2.21. The van der Waals surface area contributed by atoms with Crippen LogP contribution in [0.2, 0.25) is 0 Å². The highest BCUT2D eigenvalue weighted by molar-refractivity contribution is 5.81. The Labute approximate surface area is 116 Å². The molecule has 1 aliphatic heterocycles. The molecule has 4 nitrogen and oxygen atoms in total. The van der Waals surface area contributed by atoms with Crippen molar-refractivity contribution >= 4 is 5.97 Å². The van der Waals surface area contributed by atoms with Crippen molar-refractivity contribution in [2.45, 2.75) is 52.0 Å². The van der Waals surface area contributed by atoms with Crippen LogP contribution in [-0.2, 0) is 9.53 Å². The molecule has 0 aromatic heterocycles. The van der Waals surface area contributed by atoms with E-state index in [1.165, 1.54) is 0 Å². The summed E-state index contributed by atoms with van der Waals surface area (Å²) in [5, 5.41) is 3.42. The molecule has 19 heavy (non-hydrogen) atoms. The first-order valence-corrected chi connectivity index (χ1v) is 7.63. The largest absolute Gasteiger partial charge is 0.465 e. The van der Waals surface area contributed by atoms with Crippen molar-refractivity contribution in [2.75, 3.05) is 32.8 Å². The molecule has 1 aliphatic carbocycles. The molecule has 1 atom stereocenters. The highest BCUT2D eigenvalue weighted by Gasteiger charge is 2.53. The van der Waals surface area contributed by atoms with Crippen LogP contribution >= 0.6 is 0 Å². The first kappa shape index (κ1) is 14.8. The van der Waals surface area contributed by atoms with Crippen molar-refractivity contribution in [3.05, 3.63) is 0 Å². The monoisotopic (exact) mass is 268 g/mol. The van der Waals surface area contributed by atoms with E-state index in [9.17, 15) is 4.79 Å². The Bertz CT molecular complexity index is 322. The van der Waals surface area contributed by atoms with Gasteiger partial charge in [-0.05, 0) is 44.6 Å². The van der Waals surface area contributed by atoms with Crippen LogP contribution in [0.3, 0.4) is 0 Å². The lowest BCUT2D eigenvalue weighted by atomic mass is 9.86. The summed E-state index contributed by atoms with van der Waals surface area (Å²) in [5.41, 5.74) is -0.127. The lowest BCUT2D eigenvalue weighted by molar-refractivity contribution is -0.158. The molecule has 1 saturated carbocycles. The topological polar surface area (TPSA) is 41.6 Å². The van der Waals surface area contributed by atoms with Gasteiger partial charge in [-0.25, -0.2) is 0 Å². The maximum absolute atomic E-state index is 12.6. The van der Waals surface area contributed by atoms with E-state index in [0.717, 1.165) is 51.9 Å². The summed E-state index contributed by atoms with van der Waals surface area (Å²) in [4.78, 5) is 15.0. The van der Waals surface area contributed by atoms with Gasteiger partial charge in [-0.1, -0.05) is 13.8 Å². The SMILES string of the molecule is CCOC(=O)C1(N2CCCNCC2)CCC(C)(C)C1. The zero-order chi connectivity index (χ0) is 13.9. The number of hydrogen-bond acceptors (Lipinski definition) is 4.